The Hall–Kier alpha value is -3.41. The molecule has 0 spiro atoms. The van der Waals surface area contributed by atoms with Gasteiger partial charge in [-0.1, -0.05) is 30.3 Å². The number of aromatic nitrogens is 2. The maximum atomic E-state index is 12.8. The summed E-state index contributed by atoms with van der Waals surface area (Å²) < 4.78 is 0. The molecule has 1 saturated heterocycles. The van der Waals surface area contributed by atoms with Gasteiger partial charge in [0, 0.05) is 37.6 Å². The number of piperazine rings is 1. The van der Waals surface area contributed by atoms with E-state index in [9.17, 15) is 4.79 Å². The van der Waals surface area contributed by atoms with Crippen LogP contribution in [-0.2, 0) is 0 Å². The minimum atomic E-state index is -0.0662. The first-order valence-electron chi connectivity index (χ1n) is 9.87. The molecule has 1 N–H and O–H groups in total. The highest BCUT2D eigenvalue weighted by Gasteiger charge is 2.23. The van der Waals surface area contributed by atoms with Crippen molar-refractivity contribution in [2.75, 3.05) is 36.4 Å². The van der Waals surface area contributed by atoms with Crippen LogP contribution in [0.5, 0.6) is 0 Å². The van der Waals surface area contributed by atoms with E-state index in [1.54, 1.807) is 6.07 Å². The molecule has 4 rings (SSSR count). The highest BCUT2D eigenvalue weighted by atomic mass is 16.2. The molecular weight excluding hydrogens is 362 g/mol. The van der Waals surface area contributed by atoms with Crippen molar-refractivity contribution in [1.82, 2.24) is 15.1 Å². The number of nitrogens with zero attached hydrogens (tertiary/aromatic N) is 4. The molecular formula is C23H25N5O. The van der Waals surface area contributed by atoms with Crippen LogP contribution in [0.15, 0.2) is 60.7 Å². The van der Waals surface area contributed by atoms with Crippen LogP contribution in [0.1, 0.15) is 21.6 Å². The average Bonchev–Trinajstić information content (AvgIpc) is 2.77. The maximum absolute atomic E-state index is 12.8. The SMILES string of the molecule is Cc1ccc(C)c(Nc2ccc(C(=O)N3CCN(c4ccccc4)CC3)nn2)c1. The molecule has 0 unspecified atom stereocenters. The fourth-order valence-electron chi connectivity index (χ4n) is 3.49. The largest absolute Gasteiger partial charge is 0.368 e. The molecule has 0 bridgehead atoms. The molecule has 6 heteroatoms. The Labute approximate surface area is 171 Å². The monoisotopic (exact) mass is 387 g/mol. The van der Waals surface area contributed by atoms with E-state index in [1.165, 1.54) is 11.3 Å². The minimum absolute atomic E-state index is 0.0662. The molecule has 2 heterocycles. The fraction of sp³-hybridized carbons (Fsp3) is 0.261. The predicted molar refractivity (Wildman–Crippen MR) is 116 cm³/mol. The molecule has 0 aliphatic carbocycles. The number of benzene rings is 2. The van der Waals surface area contributed by atoms with E-state index in [-0.39, 0.29) is 5.91 Å². The molecule has 1 amide bonds. The van der Waals surface area contributed by atoms with Gasteiger partial charge in [-0.25, -0.2) is 0 Å². The molecule has 148 valence electrons. The van der Waals surface area contributed by atoms with Crippen molar-refractivity contribution in [2.45, 2.75) is 13.8 Å². The van der Waals surface area contributed by atoms with Crippen LogP contribution in [0.4, 0.5) is 17.2 Å². The number of hydrogen-bond donors (Lipinski definition) is 1. The molecule has 1 aliphatic heterocycles. The quantitative estimate of drug-likeness (QED) is 0.738. The second kappa shape index (κ2) is 8.31. The van der Waals surface area contributed by atoms with Gasteiger partial charge in [-0.3, -0.25) is 4.79 Å². The van der Waals surface area contributed by atoms with Crippen molar-refractivity contribution in [2.24, 2.45) is 0 Å². The van der Waals surface area contributed by atoms with Crippen LogP contribution in [-0.4, -0.2) is 47.2 Å². The lowest BCUT2D eigenvalue weighted by molar-refractivity contribution is 0.0739. The summed E-state index contributed by atoms with van der Waals surface area (Å²) in [5.41, 5.74) is 4.88. The van der Waals surface area contributed by atoms with Crippen molar-refractivity contribution in [1.29, 1.82) is 0 Å². The zero-order valence-electron chi connectivity index (χ0n) is 16.8. The fourth-order valence-corrected chi connectivity index (χ4v) is 3.49. The number of anilines is 3. The summed E-state index contributed by atoms with van der Waals surface area (Å²) in [6.45, 7) is 7.08. The van der Waals surface area contributed by atoms with Crippen LogP contribution in [0, 0.1) is 13.8 Å². The van der Waals surface area contributed by atoms with Gasteiger partial charge in [-0.15, -0.1) is 10.2 Å². The molecule has 0 atom stereocenters. The summed E-state index contributed by atoms with van der Waals surface area (Å²) in [5.74, 6) is 0.563. The third kappa shape index (κ3) is 4.37. The van der Waals surface area contributed by atoms with Gasteiger partial charge in [0.25, 0.3) is 5.91 Å². The van der Waals surface area contributed by atoms with Gasteiger partial charge in [-0.2, -0.15) is 0 Å². The van der Waals surface area contributed by atoms with Crippen LogP contribution < -0.4 is 10.2 Å². The third-order valence-electron chi connectivity index (χ3n) is 5.23. The Balaban J connectivity index is 1.38. The molecule has 29 heavy (non-hydrogen) atoms. The van der Waals surface area contributed by atoms with Gasteiger partial charge in [0.2, 0.25) is 0 Å². The highest BCUT2D eigenvalue weighted by Crippen LogP contribution is 2.21. The molecule has 1 aliphatic rings. The number of carbonyl (C=O) groups is 1. The summed E-state index contributed by atoms with van der Waals surface area (Å²) in [6.07, 6.45) is 0. The van der Waals surface area contributed by atoms with Gasteiger partial charge < -0.3 is 15.1 Å². The first kappa shape index (κ1) is 18.9. The van der Waals surface area contributed by atoms with E-state index < -0.39 is 0 Å². The molecule has 0 radical (unpaired) electrons. The average molecular weight is 387 g/mol. The summed E-state index contributed by atoms with van der Waals surface area (Å²) in [6, 6.07) is 20.1. The number of carbonyl (C=O) groups excluding carboxylic acids is 1. The number of nitrogens with one attached hydrogen (secondary N) is 1. The lowest BCUT2D eigenvalue weighted by Crippen LogP contribution is -2.49. The van der Waals surface area contributed by atoms with Crippen molar-refractivity contribution in [3.05, 3.63) is 77.5 Å². The van der Waals surface area contributed by atoms with Crippen molar-refractivity contribution in [3.8, 4) is 0 Å². The van der Waals surface area contributed by atoms with E-state index >= 15 is 0 Å². The van der Waals surface area contributed by atoms with E-state index in [2.05, 4.69) is 57.7 Å². The predicted octanol–water partition coefficient (Wildman–Crippen LogP) is 3.80. The van der Waals surface area contributed by atoms with Crippen LogP contribution in [0.2, 0.25) is 0 Å². The summed E-state index contributed by atoms with van der Waals surface area (Å²) in [5, 5.41) is 11.6. The number of rotatable bonds is 4. The topological polar surface area (TPSA) is 61.4 Å². The lowest BCUT2D eigenvalue weighted by Gasteiger charge is -2.35. The summed E-state index contributed by atoms with van der Waals surface area (Å²) >= 11 is 0. The van der Waals surface area contributed by atoms with Gasteiger partial charge >= 0.3 is 0 Å². The lowest BCUT2D eigenvalue weighted by atomic mass is 10.1. The molecule has 6 nitrogen and oxygen atoms in total. The molecule has 3 aromatic rings. The van der Waals surface area contributed by atoms with Gasteiger partial charge in [0.15, 0.2) is 11.5 Å². The Bertz CT molecular complexity index is 980. The van der Waals surface area contributed by atoms with Crippen molar-refractivity contribution < 1.29 is 4.79 Å². The second-order valence-corrected chi connectivity index (χ2v) is 7.36. The van der Waals surface area contributed by atoms with Crippen molar-refractivity contribution >= 4 is 23.1 Å². The Morgan fingerprint density at radius 3 is 2.34 bits per heavy atom. The summed E-state index contributed by atoms with van der Waals surface area (Å²) in [4.78, 5) is 16.9. The standard InChI is InChI=1S/C23H25N5O/c1-17-8-9-18(2)21(16-17)24-22-11-10-20(25-26-22)23(29)28-14-12-27(13-15-28)19-6-4-3-5-7-19/h3-11,16H,12-15H2,1-2H3,(H,24,26). The Kier molecular flexibility index (Phi) is 5.42. The molecule has 2 aromatic carbocycles. The Morgan fingerprint density at radius 2 is 1.66 bits per heavy atom. The first-order chi connectivity index (χ1) is 14.1. The van der Waals surface area contributed by atoms with Gasteiger partial charge in [-0.05, 0) is 55.3 Å². The molecule has 1 fully saturated rings. The zero-order chi connectivity index (χ0) is 20.2. The molecule has 0 saturated carbocycles. The van der Waals surface area contributed by atoms with E-state index in [1.807, 2.05) is 36.1 Å². The van der Waals surface area contributed by atoms with E-state index in [0.29, 0.717) is 24.6 Å². The summed E-state index contributed by atoms with van der Waals surface area (Å²) in [7, 11) is 0. The van der Waals surface area contributed by atoms with E-state index in [4.69, 9.17) is 0 Å². The van der Waals surface area contributed by atoms with Crippen LogP contribution in [0.3, 0.4) is 0 Å². The third-order valence-corrected chi connectivity index (χ3v) is 5.23. The number of aryl methyl sites for hydroxylation is 2. The maximum Gasteiger partial charge on any atom is 0.274 e. The number of para-hydroxylation sites is 1. The normalized spacial score (nSPS) is 14.0. The number of amides is 1. The highest BCUT2D eigenvalue weighted by molar-refractivity contribution is 5.92. The van der Waals surface area contributed by atoms with Crippen LogP contribution >= 0.6 is 0 Å². The second-order valence-electron chi connectivity index (χ2n) is 7.36. The van der Waals surface area contributed by atoms with E-state index in [0.717, 1.165) is 24.3 Å². The molecule has 1 aromatic heterocycles. The zero-order valence-corrected chi connectivity index (χ0v) is 16.8. The van der Waals surface area contributed by atoms with Gasteiger partial charge in [0.05, 0.1) is 0 Å². The minimum Gasteiger partial charge on any atom is -0.368 e. The Morgan fingerprint density at radius 1 is 0.897 bits per heavy atom. The first-order valence-corrected chi connectivity index (χ1v) is 9.87. The number of hydrogen-bond acceptors (Lipinski definition) is 5. The smallest absolute Gasteiger partial charge is 0.274 e. The van der Waals surface area contributed by atoms with Crippen LogP contribution in [0.25, 0.3) is 0 Å². The van der Waals surface area contributed by atoms with Crippen molar-refractivity contribution in [3.63, 3.8) is 0 Å². The van der Waals surface area contributed by atoms with Gasteiger partial charge in [0.1, 0.15) is 0 Å².